The molecule has 1 N–H and O–H groups in total. The smallest absolute Gasteiger partial charge is 0.134 e. The molecule has 1 aromatic carbocycles. The molecule has 0 bridgehead atoms. The van der Waals surface area contributed by atoms with E-state index < -0.39 is 0 Å². The molecule has 1 aromatic heterocycles. The van der Waals surface area contributed by atoms with Crippen LogP contribution in [0.4, 0.5) is 5.00 Å². The van der Waals surface area contributed by atoms with E-state index in [1.807, 2.05) is 6.07 Å². The zero-order valence-electron chi connectivity index (χ0n) is 14.3. The SMILES string of the molecule is CC(C)(C)C1CCc2c(sc(/N=C/c3cccc(O)c3)c2C#N)C1. The van der Waals surface area contributed by atoms with Gasteiger partial charge in [0.25, 0.3) is 0 Å². The number of thiophene rings is 1. The molecule has 0 spiro atoms. The molecule has 2 aromatic rings. The van der Waals surface area contributed by atoms with Gasteiger partial charge in [-0.25, -0.2) is 4.99 Å². The number of nitrogens with zero attached hydrogens (tertiary/aromatic N) is 2. The molecule has 0 aliphatic heterocycles. The predicted molar refractivity (Wildman–Crippen MR) is 99.4 cm³/mol. The Hall–Kier alpha value is -2.12. The monoisotopic (exact) mass is 338 g/mol. The van der Waals surface area contributed by atoms with Gasteiger partial charge in [0.1, 0.15) is 16.8 Å². The molecule has 3 nitrogen and oxygen atoms in total. The molecule has 1 unspecified atom stereocenters. The lowest BCUT2D eigenvalue weighted by atomic mass is 9.72. The Morgan fingerprint density at radius 2 is 2.17 bits per heavy atom. The van der Waals surface area contributed by atoms with Crippen LogP contribution in [0.25, 0.3) is 0 Å². The van der Waals surface area contributed by atoms with Crippen molar-refractivity contribution in [3.05, 3.63) is 45.8 Å². The van der Waals surface area contributed by atoms with Crippen LogP contribution in [0, 0.1) is 22.7 Å². The first kappa shape index (κ1) is 16.7. The second-order valence-corrected chi connectivity index (χ2v) is 8.54. The summed E-state index contributed by atoms with van der Waals surface area (Å²) >= 11 is 1.65. The third kappa shape index (κ3) is 3.37. The number of benzene rings is 1. The van der Waals surface area contributed by atoms with Gasteiger partial charge in [-0.2, -0.15) is 5.26 Å². The first-order valence-corrected chi connectivity index (χ1v) is 9.08. The summed E-state index contributed by atoms with van der Waals surface area (Å²) in [5.74, 6) is 0.871. The number of rotatable bonds is 2. The fourth-order valence-corrected chi connectivity index (χ4v) is 4.48. The largest absolute Gasteiger partial charge is 0.508 e. The van der Waals surface area contributed by atoms with Crippen molar-refractivity contribution in [2.75, 3.05) is 0 Å². The van der Waals surface area contributed by atoms with Gasteiger partial charge < -0.3 is 5.11 Å². The molecule has 24 heavy (non-hydrogen) atoms. The number of aromatic hydroxyl groups is 1. The summed E-state index contributed by atoms with van der Waals surface area (Å²) < 4.78 is 0. The van der Waals surface area contributed by atoms with Crippen LogP contribution in [-0.2, 0) is 12.8 Å². The molecule has 124 valence electrons. The van der Waals surface area contributed by atoms with Crippen LogP contribution in [0.3, 0.4) is 0 Å². The number of hydrogen-bond acceptors (Lipinski definition) is 4. The molecular weight excluding hydrogens is 316 g/mol. The standard InChI is InChI=1S/C20H22N2OS/c1-20(2,3)14-7-8-16-17(11-21)19(24-18(16)10-14)22-12-13-5-4-6-15(23)9-13/h4-6,9,12,14,23H,7-8,10H2,1-3H3/b22-12+. The van der Waals surface area contributed by atoms with E-state index in [1.165, 1.54) is 10.4 Å². The first-order valence-electron chi connectivity index (χ1n) is 8.26. The Labute approximate surface area is 147 Å². The number of fused-ring (bicyclic) bond motifs is 1. The second kappa shape index (κ2) is 6.41. The van der Waals surface area contributed by atoms with Gasteiger partial charge in [0, 0.05) is 11.1 Å². The molecular formula is C20H22N2OS. The van der Waals surface area contributed by atoms with Crippen LogP contribution >= 0.6 is 11.3 Å². The fourth-order valence-electron chi connectivity index (χ4n) is 3.26. The van der Waals surface area contributed by atoms with Crippen molar-refractivity contribution < 1.29 is 5.11 Å². The summed E-state index contributed by atoms with van der Waals surface area (Å²) in [4.78, 5) is 5.86. The minimum atomic E-state index is 0.220. The van der Waals surface area contributed by atoms with E-state index in [4.69, 9.17) is 0 Å². The van der Waals surface area contributed by atoms with Gasteiger partial charge >= 0.3 is 0 Å². The number of hydrogen-bond donors (Lipinski definition) is 1. The molecule has 0 saturated carbocycles. The average Bonchev–Trinajstić information content (AvgIpc) is 2.88. The minimum absolute atomic E-state index is 0.220. The predicted octanol–water partition coefficient (Wildman–Crippen LogP) is 5.23. The summed E-state index contributed by atoms with van der Waals surface area (Å²) in [7, 11) is 0. The maximum Gasteiger partial charge on any atom is 0.134 e. The van der Waals surface area contributed by atoms with Crippen molar-refractivity contribution in [2.45, 2.75) is 40.0 Å². The van der Waals surface area contributed by atoms with Gasteiger partial charge in [0.2, 0.25) is 0 Å². The maximum absolute atomic E-state index is 9.57. The molecule has 0 fully saturated rings. The highest BCUT2D eigenvalue weighted by atomic mass is 32.1. The Kier molecular flexibility index (Phi) is 4.47. The molecule has 1 aliphatic carbocycles. The Morgan fingerprint density at radius 1 is 1.38 bits per heavy atom. The van der Waals surface area contributed by atoms with Crippen molar-refractivity contribution in [1.29, 1.82) is 5.26 Å². The van der Waals surface area contributed by atoms with Gasteiger partial charge in [0.15, 0.2) is 0 Å². The average molecular weight is 338 g/mol. The molecule has 0 radical (unpaired) electrons. The molecule has 0 amide bonds. The highest BCUT2D eigenvalue weighted by Crippen LogP contribution is 2.44. The van der Waals surface area contributed by atoms with Crippen LogP contribution in [0.2, 0.25) is 0 Å². The molecule has 0 saturated heterocycles. The van der Waals surface area contributed by atoms with Crippen LogP contribution in [0.5, 0.6) is 5.75 Å². The first-order chi connectivity index (χ1) is 11.4. The third-order valence-electron chi connectivity index (χ3n) is 4.78. The van der Waals surface area contributed by atoms with Crippen molar-refractivity contribution in [2.24, 2.45) is 16.3 Å². The number of nitriles is 1. The number of phenols is 1. The quantitative estimate of drug-likeness (QED) is 0.763. The number of phenolic OH excluding ortho intramolecular Hbond substituents is 1. The van der Waals surface area contributed by atoms with Crippen LogP contribution in [-0.4, -0.2) is 11.3 Å². The highest BCUT2D eigenvalue weighted by Gasteiger charge is 2.32. The summed E-state index contributed by atoms with van der Waals surface area (Å²) in [6, 6.07) is 9.33. The van der Waals surface area contributed by atoms with Crippen molar-refractivity contribution >= 4 is 22.6 Å². The zero-order chi connectivity index (χ0) is 17.3. The fraction of sp³-hybridized carbons (Fsp3) is 0.400. The van der Waals surface area contributed by atoms with Gasteiger partial charge in [-0.3, -0.25) is 0 Å². The van der Waals surface area contributed by atoms with Crippen molar-refractivity contribution in [3.63, 3.8) is 0 Å². The van der Waals surface area contributed by atoms with E-state index in [9.17, 15) is 10.4 Å². The zero-order valence-corrected chi connectivity index (χ0v) is 15.2. The van der Waals surface area contributed by atoms with E-state index in [1.54, 1.807) is 35.8 Å². The van der Waals surface area contributed by atoms with E-state index in [2.05, 4.69) is 31.8 Å². The van der Waals surface area contributed by atoms with Gasteiger partial charge in [-0.05, 0) is 53.9 Å². The lowest BCUT2D eigenvalue weighted by Gasteiger charge is -2.33. The van der Waals surface area contributed by atoms with E-state index in [-0.39, 0.29) is 5.75 Å². The summed E-state index contributed by atoms with van der Waals surface area (Å²) in [6.07, 6.45) is 4.87. The summed E-state index contributed by atoms with van der Waals surface area (Å²) in [5, 5.41) is 19.9. The Morgan fingerprint density at radius 3 is 2.83 bits per heavy atom. The van der Waals surface area contributed by atoms with Crippen LogP contribution in [0.15, 0.2) is 29.3 Å². The highest BCUT2D eigenvalue weighted by molar-refractivity contribution is 7.16. The minimum Gasteiger partial charge on any atom is -0.508 e. The molecule has 3 rings (SSSR count). The molecule has 1 heterocycles. The Balaban J connectivity index is 1.91. The Bertz CT molecular complexity index is 821. The lowest BCUT2D eigenvalue weighted by Crippen LogP contribution is -2.26. The summed E-state index contributed by atoms with van der Waals surface area (Å²) in [5.41, 5.74) is 3.06. The van der Waals surface area contributed by atoms with Crippen LogP contribution in [0.1, 0.15) is 48.8 Å². The van der Waals surface area contributed by atoms with E-state index in [0.29, 0.717) is 11.3 Å². The van der Waals surface area contributed by atoms with E-state index >= 15 is 0 Å². The number of aliphatic imine (C=N–C) groups is 1. The summed E-state index contributed by atoms with van der Waals surface area (Å²) in [6.45, 7) is 6.88. The maximum atomic E-state index is 9.57. The van der Waals surface area contributed by atoms with Gasteiger partial charge in [0.05, 0.1) is 5.56 Å². The lowest BCUT2D eigenvalue weighted by molar-refractivity contribution is 0.218. The van der Waals surface area contributed by atoms with Gasteiger partial charge in [-0.15, -0.1) is 11.3 Å². The third-order valence-corrected chi connectivity index (χ3v) is 5.95. The van der Waals surface area contributed by atoms with Crippen molar-refractivity contribution in [1.82, 2.24) is 0 Å². The normalized spacial score (nSPS) is 17.7. The van der Waals surface area contributed by atoms with Crippen LogP contribution < -0.4 is 0 Å². The second-order valence-electron chi connectivity index (χ2n) is 7.45. The topological polar surface area (TPSA) is 56.4 Å². The van der Waals surface area contributed by atoms with Gasteiger partial charge in [-0.1, -0.05) is 32.9 Å². The molecule has 1 atom stereocenters. The van der Waals surface area contributed by atoms with Crippen molar-refractivity contribution in [3.8, 4) is 11.8 Å². The molecule has 4 heteroatoms. The van der Waals surface area contributed by atoms with E-state index in [0.717, 1.165) is 35.4 Å². The molecule has 1 aliphatic rings.